The Morgan fingerprint density at radius 1 is 1.18 bits per heavy atom. The van der Waals surface area contributed by atoms with Gasteiger partial charge in [-0.05, 0) is 75.2 Å². The van der Waals surface area contributed by atoms with Crippen LogP contribution in [-0.4, -0.2) is 73.5 Å². The highest BCUT2D eigenvalue weighted by atomic mass is 32.2. The molecule has 1 aliphatic carbocycles. The summed E-state index contributed by atoms with van der Waals surface area (Å²) in [6.07, 6.45) is -1.93. The lowest BCUT2D eigenvalue weighted by molar-refractivity contribution is -0.138. The number of benzene rings is 1. The molecule has 4 heterocycles. The molecule has 240 valence electrons. The number of nitrogens with zero attached hydrogens (tertiary/aromatic N) is 3. The van der Waals surface area contributed by atoms with E-state index in [0.29, 0.717) is 55.3 Å². The van der Waals surface area contributed by atoms with Crippen molar-refractivity contribution in [3.05, 3.63) is 65.7 Å². The summed E-state index contributed by atoms with van der Waals surface area (Å²) in [7, 11) is -4.33. The standard InChI is InChI=1S/C30H31F4N5O5S/c1-2-43-28-23(4-3-8-36-28)24-5-6-25(26(38-24)27(40)37-20-7-9-35-15-20)44-21-13-29(14-21)16-39(17-29)45(41,42)22-11-18(30(32,33)34)10-19(31)12-22/h3-6,8,10-12,20-21,35H,2,7,9,13-17H2,1H3,(H,37,40)/t20-/m1/s1. The molecule has 45 heavy (non-hydrogen) atoms. The maximum atomic E-state index is 13.9. The van der Waals surface area contributed by atoms with E-state index in [-0.39, 0.29) is 42.7 Å². The summed E-state index contributed by atoms with van der Waals surface area (Å²) in [6, 6.07) is 8.16. The van der Waals surface area contributed by atoms with E-state index < -0.39 is 43.8 Å². The molecule has 3 aliphatic rings. The number of alkyl halides is 3. The summed E-state index contributed by atoms with van der Waals surface area (Å²) in [5.74, 6) is -1.03. The number of hydrogen-bond acceptors (Lipinski definition) is 8. The van der Waals surface area contributed by atoms with E-state index in [1.807, 2.05) is 6.92 Å². The summed E-state index contributed by atoms with van der Waals surface area (Å²) in [5.41, 5.74) is -0.609. The lowest BCUT2D eigenvalue weighted by atomic mass is 9.63. The van der Waals surface area contributed by atoms with Gasteiger partial charge in [-0.3, -0.25) is 4.79 Å². The van der Waals surface area contributed by atoms with Gasteiger partial charge in [0.2, 0.25) is 15.9 Å². The topological polar surface area (TPSA) is 123 Å². The monoisotopic (exact) mass is 649 g/mol. The molecule has 15 heteroatoms. The number of pyridine rings is 2. The smallest absolute Gasteiger partial charge is 0.416 e. The third kappa shape index (κ3) is 6.33. The van der Waals surface area contributed by atoms with Gasteiger partial charge >= 0.3 is 6.18 Å². The number of halogens is 4. The minimum Gasteiger partial charge on any atom is -0.488 e. The average Bonchev–Trinajstić information content (AvgIpc) is 3.46. The van der Waals surface area contributed by atoms with Gasteiger partial charge in [0.1, 0.15) is 11.9 Å². The molecule has 1 atom stereocenters. The Morgan fingerprint density at radius 3 is 2.64 bits per heavy atom. The van der Waals surface area contributed by atoms with Crippen LogP contribution in [-0.2, 0) is 16.2 Å². The molecule has 2 N–H and O–H groups in total. The third-order valence-corrected chi connectivity index (χ3v) is 10.0. The first-order valence-electron chi connectivity index (χ1n) is 14.5. The fraction of sp³-hybridized carbons (Fsp3) is 0.433. The minimum atomic E-state index is -4.89. The Kier molecular flexibility index (Phi) is 8.20. The van der Waals surface area contributed by atoms with Crippen LogP contribution in [0.15, 0.2) is 53.6 Å². The molecule has 3 fully saturated rings. The number of amides is 1. The first-order valence-corrected chi connectivity index (χ1v) is 16.0. The minimum absolute atomic E-state index is 0.0617. The van der Waals surface area contributed by atoms with Crippen molar-refractivity contribution < 1.29 is 40.2 Å². The lowest BCUT2D eigenvalue weighted by Gasteiger charge is -2.57. The van der Waals surface area contributed by atoms with E-state index in [1.165, 1.54) is 0 Å². The van der Waals surface area contributed by atoms with Crippen molar-refractivity contribution in [3.8, 4) is 22.9 Å². The fourth-order valence-corrected chi connectivity index (χ4v) is 7.77. The second-order valence-corrected chi connectivity index (χ2v) is 13.5. The van der Waals surface area contributed by atoms with E-state index in [1.54, 1.807) is 30.5 Å². The van der Waals surface area contributed by atoms with Crippen molar-refractivity contribution in [2.75, 3.05) is 32.8 Å². The molecular weight excluding hydrogens is 618 g/mol. The van der Waals surface area contributed by atoms with Crippen molar-refractivity contribution in [1.29, 1.82) is 0 Å². The van der Waals surface area contributed by atoms with Crippen molar-refractivity contribution in [1.82, 2.24) is 24.9 Å². The van der Waals surface area contributed by atoms with E-state index in [4.69, 9.17) is 9.47 Å². The van der Waals surface area contributed by atoms with Crippen LogP contribution in [0.4, 0.5) is 17.6 Å². The van der Waals surface area contributed by atoms with Crippen LogP contribution in [0.1, 0.15) is 42.2 Å². The molecule has 2 aromatic heterocycles. The Labute approximate surface area is 257 Å². The molecule has 3 aromatic rings. The first-order chi connectivity index (χ1) is 21.4. The maximum absolute atomic E-state index is 13.9. The van der Waals surface area contributed by atoms with Gasteiger partial charge in [0.05, 0.1) is 28.3 Å². The lowest BCUT2D eigenvalue weighted by Crippen LogP contribution is -2.65. The van der Waals surface area contributed by atoms with Crippen molar-refractivity contribution in [2.45, 2.75) is 49.4 Å². The second-order valence-electron chi connectivity index (χ2n) is 11.6. The first kappa shape index (κ1) is 31.2. The highest BCUT2D eigenvalue weighted by Gasteiger charge is 2.57. The summed E-state index contributed by atoms with van der Waals surface area (Å²) < 4.78 is 92.3. The molecule has 1 saturated carbocycles. The number of carbonyl (C=O) groups excluding carboxylic acids is 1. The van der Waals surface area contributed by atoms with Gasteiger partial charge in [-0.1, -0.05) is 0 Å². The summed E-state index contributed by atoms with van der Waals surface area (Å²) in [4.78, 5) is 21.6. The van der Waals surface area contributed by atoms with E-state index in [0.717, 1.165) is 17.3 Å². The maximum Gasteiger partial charge on any atom is 0.416 e. The number of hydrogen-bond donors (Lipinski definition) is 2. The molecule has 1 aromatic carbocycles. The SMILES string of the molecule is CCOc1ncccc1-c1ccc(OC2CC3(C2)CN(S(=O)(=O)c2cc(F)cc(C(F)(F)F)c2)C3)c(C(=O)N[C@@H]2CCNC2)n1. The van der Waals surface area contributed by atoms with Gasteiger partial charge in [0, 0.05) is 37.3 Å². The Balaban J connectivity index is 1.16. The zero-order chi connectivity index (χ0) is 32.0. The van der Waals surface area contributed by atoms with E-state index in [9.17, 15) is 30.8 Å². The number of carbonyl (C=O) groups is 1. The zero-order valence-corrected chi connectivity index (χ0v) is 25.0. The average molecular weight is 650 g/mol. The molecule has 2 saturated heterocycles. The fourth-order valence-electron chi connectivity index (χ4n) is 6.05. The predicted molar refractivity (Wildman–Crippen MR) is 154 cm³/mol. The number of ether oxygens (including phenoxy) is 2. The number of aromatic nitrogens is 2. The number of sulfonamides is 1. The van der Waals surface area contributed by atoms with E-state index in [2.05, 4.69) is 20.6 Å². The molecule has 2 aliphatic heterocycles. The van der Waals surface area contributed by atoms with Crippen LogP contribution in [0.3, 0.4) is 0 Å². The van der Waals surface area contributed by atoms with Crippen LogP contribution in [0.25, 0.3) is 11.3 Å². The van der Waals surface area contributed by atoms with Gasteiger partial charge in [0.15, 0.2) is 11.4 Å². The predicted octanol–water partition coefficient (Wildman–Crippen LogP) is 4.02. The van der Waals surface area contributed by atoms with Crippen LogP contribution in [0, 0.1) is 11.2 Å². The quantitative estimate of drug-likeness (QED) is 0.334. The Hall–Kier alpha value is -3.82. The normalized spacial score (nSPS) is 20.0. The van der Waals surface area contributed by atoms with Crippen LogP contribution >= 0.6 is 0 Å². The molecule has 6 rings (SSSR count). The van der Waals surface area contributed by atoms with Gasteiger partial charge < -0.3 is 20.1 Å². The molecule has 0 radical (unpaired) electrons. The summed E-state index contributed by atoms with van der Waals surface area (Å²) >= 11 is 0. The highest BCUT2D eigenvalue weighted by molar-refractivity contribution is 7.89. The largest absolute Gasteiger partial charge is 0.488 e. The van der Waals surface area contributed by atoms with Gasteiger partial charge in [-0.15, -0.1) is 0 Å². The summed E-state index contributed by atoms with van der Waals surface area (Å²) in [6.45, 7) is 3.78. The van der Waals surface area contributed by atoms with Crippen molar-refractivity contribution in [2.24, 2.45) is 5.41 Å². The second kappa shape index (κ2) is 11.8. The Morgan fingerprint density at radius 2 is 1.96 bits per heavy atom. The summed E-state index contributed by atoms with van der Waals surface area (Å²) in [5, 5.41) is 6.20. The highest BCUT2D eigenvalue weighted by Crippen LogP contribution is 2.51. The number of nitrogens with one attached hydrogen (secondary N) is 2. The molecule has 1 amide bonds. The van der Waals surface area contributed by atoms with E-state index >= 15 is 0 Å². The van der Waals surface area contributed by atoms with Gasteiger partial charge in [-0.2, -0.15) is 17.5 Å². The van der Waals surface area contributed by atoms with Crippen LogP contribution in [0.5, 0.6) is 11.6 Å². The molecule has 10 nitrogen and oxygen atoms in total. The van der Waals surface area contributed by atoms with Crippen molar-refractivity contribution >= 4 is 15.9 Å². The van der Waals surface area contributed by atoms with Crippen molar-refractivity contribution in [3.63, 3.8) is 0 Å². The molecule has 0 bridgehead atoms. The molecular formula is C30H31F4N5O5S. The number of rotatable bonds is 9. The molecule has 1 spiro atoms. The Bertz CT molecular complexity index is 1700. The third-order valence-electron chi connectivity index (χ3n) is 8.27. The van der Waals surface area contributed by atoms with Crippen LogP contribution in [0.2, 0.25) is 0 Å². The van der Waals surface area contributed by atoms with Gasteiger partial charge in [0.25, 0.3) is 5.91 Å². The van der Waals surface area contributed by atoms with Gasteiger partial charge in [-0.25, -0.2) is 22.8 Å². The zero-order valence-electron chi connectivity index (χ0n) is 24.2. The van der Waals surface area contributed by atoms with Crippen LogP contribution < -0.4 is 20.1 Å². The molecule has 0 unspecified atom stereocenters.